The Kier molecular flexibility index (Phi) is 29.5. The van der Waals surface area contributed by atoms with E-state index in [9.17, 15) is 38.4 Å². The first-order chi connectivity index (χ1) is 71.8. The third kappa shape index (κ3) is 21.2. The van der Waals surface area contributed by atoms with Crippen molar-refractivity contribution in [2.75, 3.05) is 68.3 Å². The van der Waals surface area contributed by atoms with Crippen molar-refractivity contribution < 1.29 is 38.4 Å². The molecule has 0 unspecified atom stereocenters. The molecule has 43 heteroatoms. The zero-order valence-corrected chi connectivity index (χ0v) is 83.6. The highest BCUT2D eigenvalue weighted by molar-refractivity contribution is 6.10. The third-order valence-electron chi connectivity index (χ3n) is 25.3. The summed E-state index contributed by atoms with van der Waals surface area (Å²) in [4.78, 5) is 192. The first-order valence-electron chi connectivity index (χ1n) is 49.0. The number of hydrogen-bond donors (Lipinski definition) is 11. The molecule has 0 atom stereocenters. The Morgan fingerprint density at radius 2 is 0.635 bits per heavy atom. The summed E-state index contributed by atoms with van der Waals surface area (Å²) in [7, 11) is 0. The summed E-state index contributed by atoms with van der Waals surface area (Å²) in [6, 6.07) is 17.2. The lowest BCUT2D eigenvalue weighted by Crippen LogP contribution is -2.30. The minimum absolute atomic E-state index is 0.0304. The molecule has 11 N–H and O–H groups in total. The number of carbonyl (C=O) groups excluding carboxylic acids is 8. The number of nitrogens with zero attached hydrogens (tertiary/aromatic N) is 24. The summed E-state index contributed by atoms with van der Waals surface area (Å²) in [6.07, 6.45) is 34.6. The average Bonchev–Trinajstić information content (AvgIpc) is 1.63. The first-order valence-corrected chi connectivity index (χ1v) is 49.0. The summed E-state index contributed by atoms with van der Waals surface area (Å²) in [5, 5.41) is 41.2. The van der Waals surface area contributed by atoms with Crippen LogP contribution in [-0.2, 0) is 25.6 Å². The number of fused-ring (bicyclic) bond motifs is 8. The van der Waals surface area contributed by atoms with Crippen molar-refractivity contribution >= 4 is 152 Å². The van der Waals surface area contributed by atoms with Crippen LogP contribution in [-0.4, -0.2) is 260 Å². The number of ketones is 1. The van der Waals surface area contributed by atoms with E-state index in [0.29, 0.717) is 224 Å². The topological polar surface area (TPSA) is 570 Å². The van der Waals surface area contributed by atoms with Crippen molar-refractivity contribution in [3.05, 3.63) is 200 Å². The lowest BCUT2D eigenvalue weighted by atomic mass is 10.1. The van der Waals surface area contributed by atoms with Gasteiger partial charge in [0.2, 0.25) is 17.7 Å². The van der Waals surface area contributed by atoms with E-state index in [2.05, 4.69) is 136 Å². The number of imidazole rings is 4. The molecule has 0 spiro atoms. The second kappa shape index (κ2) is 43.8. The van der Waals surface area contributed by atoms with Gasteiger partial charge in [0.25, 0.3) is 23.6 Å². The number of nitrogens with one attached hydrogen (secondary N) is 11. The molecule has 21 rings (SSSR count). The fraction of sp³-hybridized carbons (Fsp3) is 0.276. The molecule has 43 nitrogen and oxygen atoms in total. The van der Waals surface area contributed by atoms with Crippen LogP contribution in [0.2, 0.25) is 0 Å². The molecular formula is C105H107N35O8. The molecular weight excluding hydrogens is 1880 g/mol. The SMILES string of the molecule is CCC(=O)Cc1ccc(-c2cnc3n[nH]c(-c4nc5c(C(=O)N(CC)CC)cncc5[nH]4)c3c2)cn1.CCN(CC)C(=O)c1cncc2[nH]c(-c3[nH]nc4ncc(-c5cncc(NC(=O)C(C)C)c5)cc34)nc12.CCN(CC)C(=O)c1cncc2[nH]c(-c3[nH]nc4ncc(-c5cncc(NC(=O)C6CC6)c5)cc34)nc12.CCN(CC)C(=O)c1cncc2[nH]c(-c3[nH]nc4ncc(-c5cncc(NC(=O)CC(C)C)c5)cc34)nc12. The monoisotopic (exact) mass is 1990 g/mol. The molecule has 148 heavy (non-hydrogen) atoms. The Hall–Kier alpha value is -18.5. The minimum atomic E-state index is -0.142. The number of hydrogen-bond acceptors (Lipinski definition) is 28. The van der Waals surface area contributed by atoms with Gasteiger partial charge in [-0.25, -0.2) is 39.9 Å². The maximum atomic E-state index is 13.0. The second-order valence-electron chi connectivity index (χ2n) is 35.9. The van der Waals surface area contributed by atoms with Gasteiger partial charge in [0.15, 0.2) is 45.9 Å². The summed E-state index contributed by atoms with van der Waals surface area (Å²) in [5.74, 6) is 1.96. The van der Waals surface area contributed by atoms with Crippen molar-refractivity contribution in [2.24, 2.45) is 17.8 Å². The molecule has 20 aromatic rings. The van der Waals surface area contributed by atoms with Crippen molar-refractivity contribution in [2.45, 2.75) is 122 Å². The molecule has 0 aromatic carbocycles. The van der Waals surface area contributed by atoms with Gasteiger partial charge in [-0.05, 0) is 123 Å². The molecule has 20 heterocycles. The van der Waals surface area contributed by atoms with Crippen LogP contribution in [0.15, 0.2) is 172 Å². The summed E-state index contributed by atoms with van der Waals surface area (Å²) in [5.41, 5.74) is 20.5. The number of amides is 7. The molecule has 750 valence electrons. The van der Waals surface area contributed by atoms with Crippen LogP contribution in [0.25, 0.3) is 179 Å². The van der Waals surface area contributed by atoms with Gasteiger partial charge in [-0.15, -0.1) is 0 Å². The third-order valence-corrected chi connectivity index (χ3v) is 25.3. The summed E-state index contributed by atoms with van der Waals surface area (Å²) >= 11 is 0. The quantitative estimate of drug-likeness (QED) is 0.0199. The number of Topliss-reactive ketones (excluding diaryl/α,β-unsaturated/α-hetero) is 1. The molecule has 1 aliphatic rings. The number of H-pyrrole nitrogens is 8. The highest BCUT2D eigenvalue weighted by atomic mass is 16.2. The van der Waals surface area contributed by atoms with Gasteiger partial charge in [-0.3, -0.25) is 98.6 Å². The highest BCUT2D eigenvalue weighted by Gasteiger charge is 2.32. The Morgan fingerprint density at radius 3 is 0.926 bits per heavy atom. The van der Waals surface area contributed by atoms with E-state index < -0.39 is 0 Å². The normalized spacial score (nSPS) is 11.8. The maximum Gasteiger partial charge on any atom is 0.257 e. The van der Waals surface area contributed by atoms with Crippen LogP contribution in [0.5, 0.6) is 0 Å². The van der Waals surface area contributed by atoms with E-state index in [4.69, 9.17) is 19.9 Å². The largest absolute Gasteiger partial charge is 0.339 e. The molecule has 0 aliphatic heterocycles. The Balaban J connectivity index is 0.000000129. The van der Waals surface area contributed by atoms with Gasteiger partial charge in [-0.2, -0.15) is 20.4 Å². The number of pyridine rings is 12. The lowest BCUT2D eigenvalue weighted by molar-refractivity contribution is -0.119. The standard InChI is InChI=1S/C27H29N9O2.C26H25N9O2.C26H27N9O2.C26H26N8O2/c1-5-36(6-2)27(38)20-13-29-14-21-23(20)33-26(32-21)24-19-9-17(11-30-25(19)35-34-24)16-8-18(12-28-10-16)31-22(37)7-15(3)4;1-3-35(4-2)26(37)19-12-28-13-20-21(19)32-24(31-20)22-18-8-16(10-29-23(18)34-33-22)15-7-17(11-27-9-15)30-25(36)14-5-6-14;1-5-35(6-2)26(37)19-12-28-13-20-21(19)32-24(31-20)22-18-8-16(10-29-23(18)34-33-22)15-7-17(11-27-9-15)30-25(36)14(3)4;1-4-18(35)10-17-8-7-15(11-28-17)16-9-19-23(32-33-24(19)29-12-16)25-30-21-14-27-13-20(22(21)31-25)26(36)34(5-2)6-3/h8-15H,5-7H2,1-4H3,(H,31,37)(H,32,33)(H,30,34,35);7-14H,3-6H2,1-2H3,(H,30,36)(H,31,32)(H,29,33,34);7-14H,5-6H2,1-4H3,(H,30,36)(H,31,32)(H,29,33,34);7-9,11-14H,4-6,10H2,1-3H3,(H,30,31)(H,29,32,33). The zero-order chi connectivity index (χ0) is 104. The van der Waals surface area contributed by atoms with Crippen LogP contribution in [0.4, 0.5) is 17.1 Å². The van der Waals surface area contributed by atoms with Crippen LogP contribution in [0, 0.1) is 17.8 Å². The fourth-order valence-electron chi connectivity index (χ4n) is 17.0. The lowest BCUT2D eigenvalue weighted by Gasteiger charge is -2.18. The van der Waals surface area contributed by atoms with E-state index in [1.807, 2.05) is 145 Å². The van der Waals surface area contributed by atoms with Gasteiger partial charge in [0.1, 0.15) is 50.6 Å². The van der Waals surface area contributed by atoms with E-state index in [-0.39, 0.29) is 64.9 Å². The minimum Gasteiger partial charge on any atom is -0.339 e. The van der Waals surface area contributed by atoms with Gasteiger partial charge in [0.05, 0.1) is 126 Å². The molecule has 0 radical (unpaired) electrons. The number of aromatic amines is 8. The number of carbonyl (C=O) groups is 8. The summed E-state index contributed by atoms with van der Waals surface area (Å²) < 4.78 is 0. The van der Waals surface area contributed by atoms with Gasteiger partial charge in [0, 0.05) is 208 Å². The molecule has 1 fully saturated rings. The Morgan fingerprint density at radius 1 is 0.338 bits per heavy atom. The Bertz CT molecular complexity index is 8160. The zero-order valence-electron chi connectivity index (χ0n) is 83.6. The first kappa shape index (κ1) is 99.7. The van der Waals surface area contributed by atoms with Crippen LogP contribution in [0.3, 0.4) is 0 Å². The van der Waals surface area contributed by atoms with Crippen LogP contribution in [0.1, 0.15) is 163 Å². The van der Waals surface area contributed by atoms with E-state index in [0.717, 1.165) is 84.6 Å². The molecule has 0 saturated heterocycles. The maximum absolute atomic E-state index is 13.0. The molecule has 7 amide bonds. The summed E-state index contributed by atoms with van der Waals surface area (Å²) in [6.45, 7) is 29.9. The van der Waals surface area contributed by atoms with Gasteiger partial charge < -0.3 is 55.5 Å². The number of rotatable bonds is 30. The van der Waals surface area contributed by atoms with Gasteiger partial charge in [-0.1, -0.05) is 40.7 Å². The predicted octanol–water partition coefficient (Wildman–Crippen LogP) is 16.2. The smallest absolute Gasteiger partial charge is 0.257 e. The number of aromatic nitrogens is 28. The number of anilines is 3. The molecule has 20 aromatic heterocycles. The van der Waals surface area contributed by atoms with Crippen LogP contribution < -0.4 is 16.0 Å². The van der Waals surface area contributed by atoms with E-state index >= 15 is 0 Å². The average molecular weight is 1990 g/mol. The van der Waals surface area contributed by atoms with Crippen molar-refractivity contribution in [1.82, 2.24) is 160 Å². The molecule has 0 bridgehead atoms. The van der Waals surface area contributed by atoms with Crippen molar-refractivity contribution in [3.8, 4) is 90.6 Å². The van der Waals surface area contributed by atoms with Crippen molar-refractivity contribution in [3.63, 3.8) is 0 Å². The molecule has 1 saturated carbocycles. The fourth-order valence-corrected chi connectivity index (χ4v) is 17.0. The Labute approximate surface area is 845 Å². The second-order valence-corrected chi connectivity index (χ2v) is 35.9. The van der Waals surface area contributed by atoms with Crippen molar-refractivity contribution in [1.29, 1.82) is 0 Å². The highest BCUT2D eigenvalue weighted by Crippen LogP contribution is 2.38. The van der Waals surface area contributed by atoms with E-state index in [1.54, 1.807) is 137 Å². The predicted molar refractivity (Wildman–Crippen MR) is 561 cm³/mol. The van der Waals surface area contributed by atoms with Gasteiger partial charge >= 0.3 is 0 Å². The van der Waals surface area contributed by atoms with E-state index in [1.165, 1.54) is 0 Å². The van der Waals surface area contributed by atoms with Crippen LogP contribution >= 0.6 is 0 Å². The molecule has 1 aliphatic carbocycles.